The van der Waals surface area contributed by atoms with Crippen LogP contribution in [0.25, 0.3) is 0 Å². The van der Waals surface area contributed by atoms with Crippen LogP contribution in [0.4, 0.5) is 0 Å². The van der Waals surface area contributed by atoms with Crippen LogP contribution >= 0.6 is 0 Å². The molecular formula is C15H26N2O. The molecule has 0 spiro atoms. The molecule has 0 aromatic carbocycles. The molecule has 0 aliphatic carbocycles. The van der Waals surface area contributed by atoms with Crippen molar-refractivity contribution in [2.24, 2.45) is 0 Å². The summed E-state index contributed by atoms with van der Waals surface area (Å²) in [4.78, 5) is 4.50. The van der Waals surface area contributed by atoms with Crippen LogP contribution < -0.4 is 10.1 Å². The van der Waals surface area contributed by atoms with Crippen molar-refractivity contribution in [2.45, 2.75) is 59.5 Å². The number of pyridine rings is 1. The molecule has 102 valence electrons. The van der Waals surface area contributed by atoms with E-state index in [4.69, 9.17) is 4.74 Å². The Balaban J connectivity index is 2.62. The van der Waals surface area contributed by atoms with E-state index in [1.54, 1.807) is 7.11 Å². The minimum absolute atomic E-state index is 0.540. The Morgan fingerprint density at radius 2 is 2.11 bits per heavy atom. The number of aromatic nitrogens is 1. The Kier molecular flexibility index (Phi) is 6.13. The molecule has 0 saturated heterocycles. The number of hydrogen-bond donors (Lipinski definition) is 1. The van der Waals surface area contributed by atoms with Gasteiger partial charge in [0.1, 0.15) is 5.75 Å². The van der Waals surface area contributed by atoms with Crippen LogP contribution in [0.15, 0.2) is 6.20 Å². The van der Waals surface area contributed by atoms with Crippen LogP contribution in [0.3, 0.4) is 0 Å². The van der Waals surface area contributed by atoms with Crippen LogP contribution in [-0.4, -0.2) is 18.1 Å². The highest BCUT2D eigenvalue weighted by Crippen LogP contribution is 2.23. The number of hydrogen-bond acceptors (Lipinski definition) is 3. The fourth-order valence-electron chi connectivity index (χ4n) is 2.13. The fourth-order valence-corrected chi connectivity index (χ4v) is 2.13. The molecule has 0 amide bonds. The predicted octanol–water partition coefficient (Wildman–Crippen LogP) is 3.38. The highest BCUT2D eigenvalue weighted by molar-refractivity contribution is 5.40. The van der Waals surface area contributed by atoms with E-state index in [1.807, 2.05) is 13.1 Å². The molecule has 1 N–H and O–H groups in total. The third-order valence-corrected chi connectivity index (χ3v) is 3.36. The lowest BCUT2D eigenvalue weighted by molar-refractivity contribution is 0.405. The predicted molar refractivity (Wildman–Crippen MR) is 76.1 cm³/mol. The summed E-state index contributed by atoms with van der Waals surface area (Å²) in [5.74, 6) is 0.961. The second-order valence-corrected chi connectivity index (χ2v) is 4.97. The van der Waals surface area contributed by atoms with E-state index in [-0.39, 0.29) is 0 Å². The van der Waals surface area contributed by atoms with E-state index in [0.717, 1.165) is 29.1 Å². The first-order valence-electron chi connectivity index (χ1n) is 6.82. The van der Waals surface area contributed by atoms with Gasteiger partial charge in [-0.05, 0) is 27.2 Å². The number of nitrogens with one attached hydrogen (secondary N) is 1. The highest BCUT2D eigenvalue weighted by atomic mass is 16.5. The average molecular weight is 250 g/mol. The Morgan fingerprint density at radius 1 is 1.39 bits per heavy atom. The SMILES string of the molecule is CCCCC(C)NCc1ncc(C)c(OC)c1C. The first-order chi connectivity index (χ1) is 8.60. The van der Waals surface area contributed by atoms with Crippen LogP contribution in [0.5, 0.6) is 5.75 Å². The quantitative estimate of drug-likeness (QED) is 0.805. The van der Waals surface area contributed by atoms with Gasteiger partial charge in [-0.15, -0.1) is 0 Å². The van der Waals surface area contributed by atoms with Crippen molar-refractivity contribution in [3.8, 4) is 5.75 Å². The Labute approximate surface area is 111 Å². The monoisotopic (exact) mass is 250 g/mol. The van der Waals surface area contributed by atoms with Gasteiger partial charge in [-0.1, -0.05) is 19.8 Å². The number of nitrogens with zero attached hydrogens (tertiary/aromatic N) is 1. The summed E-state index contributed by atoms with van der Waals surface area (Å²) in [5, 5.41) is 3.53. The fraction of sp³-hybridized carbons (Fsp3) is 0.667. The van der Waals surface area contributed by atoms with Crippen LogP contribution in [-0.2, 0) is 6.54 Å². The number of methoxy groups -OCH3 is 1. The number of ether oxygens (including phenoxy) is 1. The largest absolute Gasteiger partial charge is 0.496 e. The summed E-state index contributed by atoms with van der Waals surface area (Å²) in [6.07, 6.45) is 5.64. The first-order valence-corrected chi connectivity index (χ1v) is 6.82. The van der Waals surface area contributed by atoms with Crippen molar-refractivity contribution in [2.75, 3.05) is 7.11 Å². The van der Waals surface area contributed by atoms with Gasteiger partial charge in [0.2, 0.25) is 0 Å². The molecule has 1 aromatic heterocycles. The van der Waals surface area contributed by atoms with Gasteiger partial charge in [0, 0.05) is 29.9 Å². The van der Waals surface area contributed by atoms with E-state index in [2.05, 4.69) is 31.1 Å². The summed E-state index contributed by atoms with van der Waals surface area (Å²) < 4.78 is 5.42. The molecule has 1 aromatic rings. The number of unbranched alkanes of at least 4 members (excludes halogenated alkanes) is 1. The Morgan fingerprint density at radius 3 is 2.72 bits per heavy atom. The van der Waals surface area contributed by atoms with E-state index < -0.39 is 0 Å². The van der Waals surface area contributed by atoms with Gasteiger partial charge in [0.05, 0.1) is 12.8 Å². The first kappa shape index (κ1) is 15.0. The molecule has 0 saturated carbocycles. The van der Waals surface area contributed by atoms with Gasteiger partial charge < -0.3 is 10.1 Å². The van der Waals surface area contributed by atoms with Crippen molar-refractivity contribution >= 4 is 0 Å². The van der Waals surface area contributed by atoms with Crippen molar-refractivity contribution in [3.63, 3.8) is 0 Å². The van der Waals surface area contributed by atoms with Gasteiger partial charge in [-0.25, -0.2) is 0 Å². The summed E-state index contributed by atoms with van der Waals surface area (Å²) in [5.41, 5.74) is 3.33. The van der Waals surface area contributed by atoms with E-state index in [0.29, 0.717) is 6.04 Å². The normalized spacial score (nSPS) is 12.5. The van der Waals surface area contributed by atoms with Crippen molar-refractivity contribution in [1.29, 1.82) is 0 Å². The topological polar surface area (TPSA) is 34.2 Å². The molecule has 3 nitrogen and oxygen atoms in total. The number of rotatable bonds is 7. The second kappa shape index (κ2) is 7.37. The Bertz CT molecular complexity index is 377. The second-order valence-electron chi connectivity index (χ2n) is 4.97. The third kappa shape index (κ3) is 3.98. The van der Waals surface area contributed by atoms with Crippen LogP contribution in [0.1, 0.15) is 49.9 Å². The van der Waals surface area contributed by atoms with E-state index in [1.165, 1.54) is 19.3 Å². The summed E-state index contributed by atoms with van der Waals surface area (Å²) in [6, 6.07) is 0.540. The van der Waals surface area contributed by atoms with Crippen molar-refractivity contribution in [3.05, 3.63) is 23.0 Å². The molecule has 3 heteroatoms. The van der Waals surface area contributed by atoms with Gasteiger partial charge >= 0.3 is 0 Å². The van der Waals surface area contributed by atoms with Crippen molar-refractivity contribution in [1.82, 2.24) is 10.3 Å². The van der Waals surface area contributed by atoms with Gasteiger partial charge in [0.15, 0.2) is 0 Å². The summed E-state index contributed by atoms with van der Waals surface area (Å²) in [6.45, 7) is 9.37. The standard InChI is InChI=1S/C15H26N2O/c1-6-7-8-12(3)16-10-14-13(4)15(18-5)11(2)9-17-14/h9,12,16H,6-8,10H2,1-5H3. The molecule has 18 heavy (non-hydrogen) atoms. The molecule has 1 atom stereocenters. The number of aryl methyl sites for hydroxylation is 1. The van der Waals surface area contributed by atoms with Crippen LogP contribution in [0.2, 0.25) is 0 Å². The molecule has 0 radical (unpaired) electrons. The van der Waals surface area contributed by atoms with E-state index in [9.17, 15) is 0 Å². The highest BCUT2D eigenvalue weighted by Gasteiger charge is 2.10. The summed E-state index contributed by atoms with van der Waals surface area (Å²) in [7, 11) is 1.72. The molecular weight excluding hydrogens is 224 g/mol. The molecule has 1 heterocycles. The zero-order chi connectivity index (χ0) is 13.5. The maximum Gasteiger partial charge on any atom is 0.128 e. The van der Waals surface area contributed by atoms with Crippen molar-refractivity contribution < 1.29 is 4.74 Å². The average Bonchev–Trinajstić information content (AvgIpc) is 2.36. The van der Waals surface area contributed by atoms with Gasteiger partial charge in [0.25, 0.3) is 0 Å². The third-order valence-electron chi connectivity index (χ3n) is 3.36. The minimum atomic E-state index is 0.540. The minimum Gasteiger partial charge on any atom is -0.496 e. The molecule has 0 aliphatic heterocycles. The zero-order valence-corrected chi connectivity index (χ0v) is 12.3. The molecule has 0 bridgehead atoms. The summed E-state index contributed by atoms with van der Waals surface area (Å²) >= 11 is 0. The lowest BCUT2D eigenvalue weighted by Crippen LogP contribution is -2.26. The molecule has 0 fully saturated rings. The molecule has 1 unspecified atom stereocenters. The van der Waals surface area contributed by atoms with Crippen LogP contribution in [0, 0.1) is 13.8 Å². The lowest BCUT2D eigenvalue weighted by atomic mass is 10.1. The lowest BCUT2D eigenvalue weighted by Gasteiger charge is -2.16. The smallest absolute Gasteiger partial charge is 0.128 e. The molecule has 0 aliphatic rings. The maximum atomic E-state index is 5.42. The van der Waals surface area contributed by atoms with Gasteiger partial charge in [-0.3, -0.25) is 4.98 Å². The Hall–Kier alpha value is -1.09. The zero-order valence-electron chi connectivity index (χ0n) is 12.3. The maximum absolute atomic E-state index is 5.42. The molecule has 1 rings (SSSR count). The van der Waals surface area contributed by atoms with Gasteiger partial charge in [-0.2, -0.15) is 0 Å². The van der Waals surface area contributed by atoms with E-state index >= 15 is 0 Å².